The van der Waals surface area contributed by atoms with Gasteiger partial charge in [-0.05, 0) is 57.4 Å². The predicted molar refractivity (Wildman–Crippen MR) is 123 cm³/mol. The van der Waals surface area contributed by atoms with Crippen LogP contribution in [0.15, 0.2) is 30.3 Å². The van der Waals surface area contributed by atoms with Crippen molar-refractivity contribution in [3.05, 3.63) is 62.7 Å². The van der Waals surface area contributed by atoms with Crippen molar-refractivity contribution in [1.82, 2.24) is 4.90 Å². The molecule has 4 aliphatic heterocycles. The van der Waals surface area contributed by atoms with E-state index in [-0.39, 0.29) is 29.2 Å². The smallest absolute Gasteiger partial charge is 0.274 e. The van der Waals surface area contributed by atoms with E-state index >= 15 is 0 Å². The number of nitrogens with zero attached hydrogens (tertiary/aromatic N) is 3. The highest BCUT2D eigenvalue weighted by molar-refractivity contribution is 6.26. The van der Waals surface area contributed by atoms with E-state index in [1.807, 2.05) is 26.0 Å². The molecule has 0 radical (unpaired) electrons. The Balaban J connectivity index is 1.54. The third-order valence-corrected chi connectivity index (χ3v) is 8.35. The van der Waals surface area contributed by atoms with Crippen molar-refractivity contribution < 1.29 is 19.3 Å². The summed E-state index contributed by atoms with van der Waals surface area (Å²) in [4.78, 5) is 55.6. The number of aryl methyl sites for hydroxylation is 2. The van der Waals surface area contributed by atoms with Crippen LogP contribution in [0.3, 0.4) is 0 Å². The molecule has 3 saturated heterocycles. The van der Waals surface area contributed by atoms with Gasteiger partial charge in [0, 0.05) is 28.9 Å². The number of hydrogen-bond donors (Lipinski definition) is 1. The van der Waals surface area contributed by atoms with Gasteiger partial charge < -0.3 is 5.32 Å². The van der Waals surface area contributed by atoms with Gasteiger partial charge in [-0.2, -0.15) is 0 Å². The number of nitrogens with one attached hydrogen (secondary N) is 1. The molecule has 4 heterocycles. The first-order valence-electron chi connectivity index (χ1n) is 11.5. The van der Waals surface area contributed by atoms with Crippen LogP contribution in [0, 0.1) is 42.7 Å². The second kappa shape index (κ2) is 6.73. The van der Waals surface area contributed by atoms with Crippen molar-refractivity contribution in [2.45, 2.75) is 45.2 Å². The Labute approximate surface area is 195 Å². The van der Waals surface area contributed by atoms with Crippen LogP contribution in [0.2, 0.25) is 0 Å². The fourth-order valence-electron chi connectivity index (χ4n) is 6.71. The second-order valence-electron chi connectivity index (χ2n) is 9.80. The molecule has 0 saturated carbocycles. The average Bonchev–Trinajstić information content (AvgIpc) is 3.50. The van der Waals surface area contributed by atoms with Gasteiger partial charge in [0.1, 0.15) is 5.54 Å². The number of fused-ring (bicyclic) bond motifs is 7. The Hall–Kier alpha value is -3.59. The second-order valence-corrected chi connectivity index (χ2v) is 9.80. The molecular formula is C25H24N4O5. The van der Waals surface area contributed by atoms with Gasteiger partial charge in [0.25, 0.3) is 5.69 Å². The predicted octanol–water partition coefficient (Wildman–Crippen LogP) is 2.95. The molecule has 0 unspecified atom stereocenters. The van der Waals surface area contributed by atoms with Crippen LogP contribution in [0.4, 0.5) is 17.1 Å². The summed E-state index contributed by atoms with van der Waals surface area (Å²) in [5, 5.41) is 14.5. The van der Waals surface area contributed by atoms with Crippen LogP contribution >= 0.6 is 0 Å². The quantitative estimate of drug-likeness (QED) is 0.419. The van der Waals surface area contributed by atoms with Gasteiger partial charge in [0.2, 0.25) is 17.7 Å². The minimum atomic E-state index is -1.25. The molecule has 2 aromatic rings. The van der Waals surface area contributed by atoms with Crippen LogP contribution in [0.25, 0.3) is 0 Å². The Kier molecular flexibility index (Phi) is 4.15. The Morgan fingerprint density at radius 3 is 2.53 bits per heavy atom. The Bertz CT molecular complexity index is 1340. The highest BCUT2D eigenvalue weighted by Crippen LogP contribution is 2.61. The highest BCUT2D eigenvalue weighted by Gasteiger charge is 2.74. The first-order chi connectivity index (χ1) is 16.2. The van der Waals surface area contributed by atoms with E-state index in [4.69, 9.17) is 0 Å². The molecule has 174 valence electrons. The number of imide groups is 1. The summed E-state index contributed by atoms with van der Waals surface area (Å²) in [5.74, 6) is -2.67. The van der Waals surface area contributed by atoms with E-state index in [0.717, 1.165) is 40.1 Å². The zero-order valence-electron chi connectivity index (χ0n) is 19.1. The summed E-state index contributed by atoms with van der Waals surface area (Å²) in [7, 11) is 0. The third-order valence-electron chi connectivity index (χ3n) is 8.35. The van der Waals surface area contributed by atoms with Crippen LogP contribution in [-0.4, -0.2) is 40.1 Å². The SMILES string of the molecule is Cc1ccc(N2C(=O)[C@@H]3[C@H]4CCCN4[C@]4(C(=O)Nc5c4ccc(C)c5C)[C@H]3C2=O)cc1[N+](=O)[O-]. The molecule has 9 nitrogen and oxygen atoms in total. The number of benzene rings is 2. The minimum absolute atomic E-state index is 0.151. The lowest BCUT2D eigenvalue weighted by Gasteiger charge is -2.36. The number of amides is 3. The zero-order chi connectivity index (χ0) is 24.1. The summed E-state index contributed by atoms with van der Waals surface area (Å²) < 4.78 is 0. The van der Waals surface area contributed by atoms with Gasteiger partial charge in [0.15, 0.2) is 0 Å². The summed E-state index contributed by atoms with van der Waals surface area (Å²) in [5.41, 5.74) is 2.68. The normalized spacial score (nSPS) is 29.6. The molecule has 1 N–H and O–H groups in total. The number of nitro groups is 1. The van der Waals surface area contributed by atoms with E-state index in [0.29, 0.717) is 12.1 Å². The number of nitro benzene ring substituents is 1. The lowest BCUT2D eigenvalue weighted by Crippen LogP contribution is -2.54. The topological polar surface area (TPSA) is 113 Å². The fraction of sp³-hybridized carbons (Fsp3) is 0.400. The standard InChI is InChI=1S/C25H24N4O5/c1-12-7-9-16-21(14(12)3)26-24(32)25(16)20-19(17-5-4-10-27(17)25)22(30)28(23(20)31)15-8-6-13(2)18(11-15)29(33)34/h6-9,11,17,19-20H,4-5,10H2,1-3H3,(H,26,32)/t17-,19-,20-,25+/m1/s1. The van der Waals surface area contributed by atoms with E-state index in [1.165, 1.54) is 6.07 Å². The molecule has 6 rings (SSSR count). The molecule has 0 aliphatic carbocycles. The van der Waals surface area contributed by atoms with Crippen molar-refractivity contribution >= 4 is 34.8 Å². The monoisotopic (exact) mass is 460 g/mol. The molecule has 4 atom stereocenters. The van der Waals surface area contributed by atoms with Crippen molar-refractivity contribution in [3.8, 4) is 0 Å². The number of hydrogen-bond acceptors (Lipinski definition) is 6. The van der Waals surface area contributed by atoms with E-state index in [2.05, 4.69) is 10.2 Å². The molecule has 9 heteroatoms. The van der Waals surface area contributed by atoms with Crippen LogP contribution in [0.5, 0.6) is 0 Å². The lowest BCUT2D eigenvalue weighted by molar-refractivity contribution is -0.385. The van der Waals surface area contributed by atoms with Crippen LogP contribution < -0.4 is 10.2 Å². The fourth-order valence-corrected chi connectivity index (χ4v) is 6.71. The van der Waals surface area contributed by atoms with Crippen LogP contribution in [-0.2, 0) is 19.9 Å². The molecular weight excluding hydrogens is 436 g/mol. The van der Waals surface area contributed by atoms with Crippen molar-refractivity contribution in [2.24, 2.45) is 11.8 Å². The minimum Gasteiger partial charge on any atom is -0.324 e. The first kappa shape index (κ1) is 21.0. The molecule has 3 fully saturated rings. The average molecular weight is 460 g/mol. The number of rotatable bonds is 2. The van der Waals surface area contributed by atoms with E-state index < -0.39 is 28.2 Å². The molecule has 0 aromatic heterocycles. The molecule has 0 bridgehead atoms. The van der Waals surface area contributed by atoms with Gasteiger partial charge in [-0.25, -0.2) is 4.90 Å². The van der Waals surface area contributed by atoms with E-state index in [1.54, 1.807) is 19.1 Å². The summed E-state index contributed by atoms with van der Waals surface area (Å²) in [6, 6.07) is 8.02. The highest BCUT2D eigenvalue weighted by atomic mass is 16.6. The van der Waals surface area contributed by atoms with Crippen molar-refractivity contribution in [3.63, 3.8) is 0 Å². The largest absolute Gasteiger partial charge is 0.324 e. The maximum Gasteiger partial charge on any atom is 0.274 e. The number of carbonyl (C=O) groups is 3. The molecule has 34 heavy (non-hydrogen) atoms. The number of anilines is 2. The third kappa shape index (κ3) is 2.30. The molecule has 3 amide bonds. The van der Waals surface area contributed by atoms with Gasteiger partial charge in [0.05, 0.1) is 22.4 Å². The summed E-state index contributed by atoms with van der Waals surface area (Å²) >= 11 is 0. The van der Waals surface area contributed by atoms with Crippen LogP contribution in [0.1, 0.15) is 35.1 Å². The van der Waals surface area contributed by atoms with Gasteiger partial charge in [-0.3, -0.25) is 29.4 Å². The molecule has 2 aromatic carbocycles. The molecule has 1 spiro atoms. The van der Waals surface area contributed by atoms with Gasteiger partial charge in [-0.1, -0.05) is 18.2 Å². The number of carbonyl (C=O) groups excluding carboxylic acids is 3. The Morgan fingerprint density at radius 1 is 1.06 bits per heavy atom. The zero-order valence-corrected chi connectivity index (χ0v) is 19.1. The molecule has 4 aliphatic rings. The summed E-state index contributed by atoms with van der Waals surface area (Å²) in [6.07, 6.45) is 1.55. The lowest BCUT2D eigenvalue weighted by atomic mass is 9.75. The van der Waals surface area contributed by atoms with E-state index in [9.17, 15) is 24.5 Å². The summed E-state index contributed by atoms with van der Waals surface area (Å²) in [6.45, 7) is 6.16. The maximum atomic E-state index is 14.0. The maximum absolute atomic E-state index is 14.0. The van der Waals surface area contributed by atoms with Crippen molar-refractivity contribution in [2.75, 3.05) is 16.8 Å². The van der Waals surface area contributed by atoms with Crippen molar-refractivity contribution in [1.29, 1.82) is 0 Å². The van der Waals surface area contributed by atoms with Gasteiger partial charge in [-0.15, -0.1) is 0 Å². The first-order valence-corrected chi connectivity index (χ1v) is 11.5. The Morgan fingerprint density at radius 2 is 1.79 bits per heavy atom. The van der Waals surface area contributed by atoms with Gasteiger partial charge >= 0.3 is 0 Å².